The zero-order valence-corrected chi connectivity index (χ0v) is 14.1. The van der Waals surface area contributed by atoms with Crippen LogP contribution >= 0.6 is 0 Å². The van der Waals surface area contributed by atoms with Crippen molar-refractivity contribution >= 4 is 5.91 Å². The minimum atomic E-state index is -0.134. The summed E-state index contributed by atoms with van der Waals surface area (Å²) in [6.07, 6.45) is 0. The minimum Gasteiger partial charge on any atom is -0.497 e. The van der Waals surface area contributed by atoms with Gasteiger partial charge in [0.05, 0.1) is 13.7 Å². The van der Waals surface area contributed by atoms with E-state index >= 15 is 0 Å². The first-order valence-corrected chi connectivity index (χ1v) is 7.64. The van der Waals surface area contributed by atoms with Gasteiger partial charge in [0.15, 0.2) is 0 Å². The van der Waals surface area contributed by atoms with Crippen molar-refractivity contribution in [2.75, 3.05) is 20.3 Å². The van der Waals surface area contributed by atoms with E-state index in [1.807, 2.05) is 26.0 Å². The molecule has 2 aromatic carbocycles. The van der Waals surface area contributed by atoms with Gasteiger partial charge in [0.25, 0.3) is 5.91 Å². The molecule has 4 heteroatoms. The van der Waals surface area contributed by atoms with E-state index in [2.05, 4.69) is 18.3 Å². The fourth-order valence-electron chi connectivity index (χ4n) is 2.33. The zero-order chi connectivity index (χ0) is 16.8. The second-order valence-corrected chi connectivity index (χ2v) is 5.49. The summed E-state index contributed by atoms with van der Waals surface area (Å²) in [5, 5.41) is 2.85. The lowest BCUT2D eigenvalue weighted by Gasteiger charge is -2.14. The molecular formula is C19H23NO3. The van der Waals surface area contributed by atoms with Gasteiger partial charge in [-0.05, 0) is 55.7 Å². The predicted octanol–water partition coefficient (Wildman–Crippen LogP) is 3.43. The van der Waals surface area contributed by atoms with Gasteiger partial charge in [-0.15, -0.1) is 0 Å². The quantitative estimate of drug-likeness (QED) is 0.831. The van der Waals surface area contributed by atoms with Crippen LogP contribution in [0.25, 0.3) is 0 Å². The minimum absolute atomic E-state index is 0.134. The maximum atomic E-state index is 12.1. The van der Waals surface area contributed by atoms with Crippen molar-refractivity contribution in [2.24, 2.45) is 0 Å². The molecule has 0 aliphatic rings. The molecule has 1 N–H and O–H groups in total. The van der Waals surface area contributed by atoms with E-state index in [0.29, 0.717) is 24.5 Å². The van der Waals surface area contributed by atoms with Gasteiger partial charge in [-0.25, -0.2) is 0 Å². The van der Waals surface area contributed by atoms with Crippen LogP contribution < -0.4 is 14.8 Å². The Balaban J connectivity index is 1.88. The summed E-state index contributed by atoms with van der Waals surface area (Å²) in [6.45, 7) is 7.01. The molecule has 0 radical (unpaired) electrons. The molecule has 0 aliphatic carbocycles. The molecule has 0 aliphatic heterocycles. The number of carbonyl (C=O) groups excluding carboxylic acids is 1. The highest BCUT2D eigenvalue weighted by Crippen LogP contribution is 2.25. The molecule has 0 bridgehead atoms. The first-order valence-electron chi connectivity index (χ1n) is 7.64. The highest BCUT2D eigenvalue weighted by molar-refractivity contribution is 5.94. The zero-order valence-electron chi connectivity index (χ0n) is 14.1. The molecule has 0 spiro atoms. The van der Waals surface area contributed by atoms with Crippen molar-refractivity contribution in [3.05, 3.63) is 58.7 Å². The van der Waals surface area contributed by atoms with Crippen molar-refractivity contribution < 1.29 is 14.3 Å². The summed E-state index contributed by atoms with van der Waals surface area (Å²) in [5.41, 5.74) is 4.02. The summed E-state index contributed by atoms with van der Waals surface area (Å²) >= 11 is 0. The summed E-state index contributed by atoms with van der Waals surface area (Å²) in [6, 6.07) is 11.2. The second kappa shape index (κ2) is 7.68. The van der Waals surface area contributed by atoms with E-state index in [9.17, 15) is 4.79 Å². The van der Waals surface area contributed by atoms with Crippen molar-refractivity contribution in [2.45, 2.75) is 20.8 Å². The van der Waals surface area contributed by atoms with Crippen LogP contribution in [0.2, 0.25) is 0 Å². The van der Waals surface area contributed by atoms with Gasteiger partial charge >= 0.3 is 0 Å². The second-order valence-electron chi connectivity index (χ2n) is 5.49. The Labute approximate surface area is 137 Å². The topological polar surface area (TPSA) is 47.6 Å². The molecule has 2 rings (SSSR count). The fourth-order valence-corrected chi connectivity index (χ4v) is 2.33. The van der Waals surface area contributed by atoms with Gasteiger partial charge in [0.2, 0.25) is 0 Å². The van der Waals surface area contributed by atoms with Gasteiger partial charge in [0.1, 0.15) is 18.1 Å². The molecule has 0 aromatic heterocycles. The smallest absolute Gasteiger partial charge is 0.251 e. The maximum absolute atomic E-state index is 12.1. The lowest BCUT2D eigenvalue weighted by molar-refractivity contribution is 0.0946. The van der Waals surface area contributed by atoms with Crippen molar-refractivity contribution in [1.82, 2.24) is 5.32 Å². The van der Waals surface area contributed by atoms with Gasteiger partial charge < -0.3 is 14.8 Å². The Morgan fingerprint density at radius 3 is 2.57 bits per heavy atom. The third-order valence-electron chi connectivity index (χ3n) is 3.84. The lowest BCUT2D eigenvalue weighted by atomic mass is 10.1. The standard InChI is InChI=1S/C19H23NO3/c1-13-8-9-14(2)18(15(13)3)23-11-10-20-19(21)16-6-5-7-17(12-16)22-4/h5-9,12H,10-11H2,1-4H3,(H,20,21). The number of aryl methyl sites for hydroxylation is 2. The van der Waals surface area contributed by atoms with E-state index in [4.69, 9.17) is 9.47 Å². The highest BCUT2D eigenvalue weighted by Gasteiger charge is 2.08. The number of ether oxygens (including phenoxy) is 2. The van der Waals surface area contributed by atoms with Crippen LogP contribution in [0.4, 0.5) is 0 Å². The number of nitrogens with one attached hydrogen (secondary N) is 1. The van der Waals surface area contributed by atoms with E-state index in [1.165, 1.54) is 5.56 Å². The Morgan fingerprint density at radius 1 is 1.09 bits per heavy atom. The molecule has 23 heavy (non-hydrogen) atoms. The van der Waals surface area contributed by atoms with Crippen molar-refractivity contribution in [3.8, 4) is 11.5 Å². The summed E-state index contributed by atoms with van der Waals surface area (Å²) in [4.78, 5) is 12.1. The molecule has 0 fully saturated rings. The summed E-state index contributed by atoms with van der Waals surface area (Å²) in [5.74, 6) is 1.44. The van der Waals surface area contributed by atoms with Crippen LogP contribution in [-0.4, -0.2) is 26.2 Å². The number of amides is 1. The normalized spacial score (nSPS) is 10.3. The number of carbonyl (C=O) groups is 1. The van der Waals surface area contributed by atoms with Crippen LogP contribution in [0.5, 0.6) is 11.5 Å². The number of hydrogen-bond acceptors (Lipinski definition) is 3. The predicted molar refractivity (Wildman–Crippen MR) is 91.5 cm³/mol. The van der Waals surface area contributed by atoms with Gasteiger partial charge in [-0.3, -0.25) is 4.79 Å². The van der Waals surface area contributed by atoms with Crippen LogP contribution in [0.1, 0.15) is 27.0 Å². The first-order chi connectivity index (χ1) is 11.0. The third kappa shape index (κ3) is 4.25. The van der Waals surface area contributed by atoms with Gasteiger partial charge in [-0.1, -0.05) is 18.2 Å². The molecule has 0 heterocycles. The Hall–Kier alpha value is -2.49. The molecule has 2 aromatic rings. The average Bonchev–Trinajstić information content (AvgIpc) is 2.57. The van der Waals surface area contributed by atoms with E-state index < -0.39 is 0 Å². The molecule has 0 unspecified atom stereocenters. The van der Waals surface area contributed by atoms with Crippen LogP contribution in [-0.2, 0) is 0 Å². The Bertz CT molecular complexity index is 695. The number of benzene rings is 2. The molecule has 0 atom stereocenters. The molecule has 1 amide bonds. The molecule has 122 valence electrons. The maximum Gasteiger partial charge on any atom is 0.251 e. The van der Waals surface area contributed by atoms with Gasteiger partial charge in [-0.2, -0.15) is 0 Å². The van der Waals surface area contributed by atoms with Crippen LogP contribution in [0.15, 0.2) is 36.4 Å². The molecule has 0 saturated heterocycles. The van der Waals surface area contributed by atoms with Crippen LogP contribution in [0, 0.1) is 20.8 Å². The first kappa shape index (κ1) is 16.9. The van der Waals surface area contributed by atoms with E-state index in [1.54, 1.807) is 25.3 Å². The number of rotatable bonds is 6. The van der Waals surface area contributed by atoms with E-state index in [0.717, 1.165) is 16.9 Å². The lowest BCUT2D eigenvalue weighted by Crippen LogP contribution is -2.28. The largest absolute Gasteiger partial charge is 0.497 e. The Kier molecular flexibility index (Phi) is 5.63. The van der Waals surface area contributed by atoms with E-state index in [-0.39, 0.29) is 5.91 Å². The SMILES string of the molecule is COc1cccc(C(=O)NCCOc2c(C)ccc(C)c2C)c1. The van der Waals surface area contributed by atoms with Crippen molar-refractivity contribution in [3.63, 3.8) is 0 Å². The number of methoxy groups -OCH3 is 1. The average molecular weight is 313 g/mol. The molecule has 0 saturated carbocycles. The summed E-state index contributed by atoms with van der Waals surface area (Å²) < 4.78 is 11.0. The molecular weight excluding hydrogens is 290 g/mol. The summed E-state index contributed by atoms with van der Waals surface area (Å²) in [7, 11) is 1.58. The third-order valence-corrected chi connectivity index (χ3v) is 3.84. The Morgan fingerprint density at radius 2 is 1.83 bits per heavy atom. The van der Waals surface area contributed by atoms with Gasteiger partial charge in [0, 0.05) is 5.56 Å². The van der Waals surface area contributed by atoms with Crippen LogP contribution in [0.3, 0.4) is 0 Å². The van der Waals surface area contributed by atoms with Crippen molar-refractivity contribution in [1.29, 1.82) is 0 Å². The monoisotopic (exact) mass is 313 g/mol. The highest BCUT2D eigenvalue weighted by atomic mass is 16.5. The molecule has 4 nitrogen and oxygen atoms in total. The number of hydrogen-bond donors (Lipinski definition) is 1. The fraction of sp³-hybridized carbons (Fsp3) is 0.316.